The van der Waals surface area contributed by atoms with Crippen LogP contribution in [0.15, 0.2) is 24.3 Å². The van der Waals surface area contributed by atoms with E-state index in [0.717, 1.165) is 30.4 Å². The highest BCUT2D eigenvalue weighted by Gasteiger charge is 2.44. The second-order valence-corrected chi connectivity index (χ2v) is 5.83. The van der Waals surface area contributed by atoms with E-state index in [1.807, 2.05) is 18.2 Å². The van der Waals surface area contributed by atoms with Gasteiger partial charge in [0.05, 0.1) is 17.9 Å². The van der Waals surface area contributed by atoms with Crippen LogP contribution >= 0.6 is 15.9 Å². The number of ether oxygens (including phenoxy) is 1. The molecule has 0 amide bonds. The van der Waals surface area contributed by atoms with Crippen LogP contribution in [0, 0.1) is 0 Å². The Hall–Kier alpha value is -1.16. The summed E-state index contributed by atoms with van der Waals surface area (Å²) < 4.78 is 4.66. The highest BCUT2D eigenvalue weighted by molar-refractivity contribution is 9.09. The number of Topliss-reactive ketones (excluding diaryl/α,β-unsaturated/α-hetero) is 1. The van der Waals surface area contributed by atoms with Crippen LogP contribution in [0.4, 0.5) is 0 Å². The number of ketones is 1. The highest BCUT2D eigenvalue weighted by Crippen LogP contribution is 2.45. The first-order valence-corrected chi connectivity index (χ1v) is 8.00. The molecule has 0 aromatic heterocycles. The fourth-order valence-electron chi connectivity index (χ4n) is 2.76. The number of hydrogen-bond acceptors (Lipinski definition) is 3. The van der Waals surface area contributed by atoms with Crippen LogP contribution in [0.25, 0.3) is 0 Å². The molecule has 0 spiro atoms. The molecule has 1 aliphatic rings. The minimum atomic E-state index is -0.301. The lowest BCUT2D eigenvalue weighted by atomic mass is 9.62. The van der Waals surface area contributed by atoms with Crippen LogP contribution < -0.4 is 0 Å². The monoisotopic (exact) mass is 338 g/mol. The van der Waals surface area contributed by atoms with Crippen molar-refractivity contribution in [3.8, 4) is 0 Å². The average molecular weight is 339 g/mol. The zero-order valence-corrected chi connectivity index (χ0v) is 13.2. The zero-order valence-electron chi connectivity index (χ0n) is 11.7. The van der Waals surface area contributed by atoms with E-state index in [4.69, 9.17) is 0 Å². The van der Waals surface area contributed by atoms with Gasteiger partial charge in [-0.05, 0) is 30.4 Å². The number of carbonyl (C=O) groups is 2. The lowest BCUT2D eigenvalue weighted by Gasteiger charge is -2.40. The smallest absolute Gasteiger partial charge is 0.305 e. The van der Waals surface area contributed by atoms with Crippen LogP contribution in [0.2, 0.25) is 0 Å². The lowest BCUT2D eigenvalue weighted by Crippen LogP contribution is -2.43. The topological polar surface area (TPSA) is 43.4 Å². The van der Waals surface area contributed by atoms with Gasteiger partial charge < -0.3 is 4.74 Å². The Balaban J connectivity index is 2.16. The minimum Gasteiger partial charge on any atom is -0.469 e. The van der Waals surface area contributed by atoms with Crippen molar-refractivity contribution in [2.24, 2.45) is 0 Å². The molecule has 0 bridgehead atoms. The highest BCUT2D eigenvalue weighted by atomic mass is 79.9. The Bertz CT molecular complexity index is 506. The molecule has 2 rings (SSSR count). The van der Waals surface area contributed by atoms with Gasteiger partial charge in [0, 0.05) is 6.42 Å². The molecule has 0 atom stereocenters. The van der Waals surface area contributed by atoms with Gasteiger partial charge in [0.25, 0.3) is 0 Å². The second-order valence-electron chi connectivity index (χ2n) is 5.27. The molecule has 1 fully saturated rings. The second kappa shape index (κ2) is 6.53. The van der Waals surface area contributed by atoms with Crippen molar-refractivity contribution in [3.05, 3.63) is 35.4 Å². The van der Waals surface area contributed by atoms with Crippen molar-refractivity contribution in [2.45, 2.75) is 37.5 Å². The van der Waals surface area contributed by atoms with E-state index >= 15 is 0 Å². The average Bonchev–Trinajstić information content (AvgIpc) is 2.43. The molecule has 1 saturated carbocycles. The van der Waals surface area contributed by atoms with Crippen LogP contribution in [0.3, 0.4) is 0 Å². The summed E-state index contributed by atoms with van der Waals surface area (Å²) >= 11 is 3.29. The third-order valence-electron chi connectivity index (χ3n) is 4.19. The minimum absolute atomic E-state index is 0.203. The fourth-order valence-corrected chi connectivity index (χ4v) is 3.30. The molecule has 1 aromatic rings. The molecule has 0 saturated heterocycles. The van der Waals surface area contributed by atoms with E-state index in [1.165, 1.54) is 7.11 Å². The normalized spacial score (nSPS) is 16.3. The largest absolute Gasteiger partial charge is 0.469 e. The Morgan fingerprint density at radius 3 is 2.65 bits per heavy atom. The number of halogens is 1. The van der Waals surface area contributed by atoms with Crippen LogP contribution in [-0.2, 0) is 26.2 Å². The van der Waals surface area contributed by atoms with Gasteiger partial charge in [-0.25, -0.2) is 0 Å². The molecule has 4 heteroatoms. The van der Waals surface area contributed by atoms with Crippen LogP contribution in [0.5, 0.6) is 0 Å². The molecule has 0 radical (unpaired) electrons. The number of aryl methyl sites for hydroxylation is 1. The van der Waals surface area contributed by atoms with Gasteiger partial charge in [-0.1, -0.05) is 46.6 Å². The molecule has 0 unspecified atom stereocenters. The number of alkyl halides is 1. The third kappa shape index (κ3) is 2.95. The molecule has 3 nitrogen and oxygen atoms in total. The number of benzene rings is 1. The standard InChI is InChI=1S/C16H19BrO3/c1-20-15(19)7-6-12-4-2-5-13(10-12)16(8-3-9-16)14(18)11-17/h2,4-5,10H,3,6-9,11H2,1H3. The predicted molar refractivity (Wildman–Crippen MR) is 81.1 cm³/mol. The summed E-state index contributed by atoms with van der Waals surface area (Å²) in [5.74, 6) is 0.0548. The summed E-state index contributed by atoms with van der Waals surface area (Å²) in [5, 5.41) is 0.402. The zero-order chi connectivity index (χ0) is 14.6. The Labute approximate surface area is 127 Å². The van der Waals surface area contributed by atoms with Crippen molar-refractivity contribution in [1.29, 1.82) is 0 Å². The number of carbonyl (C=O) groups excluding carboxylic acids is 2. The maximum atomic E-state index is 12.2. The van der Waals surface area contributed by atoms with E-state index in [2.05, 4.69) is 26.7 Å². The van der Waals surface area contributed by atoms with Gasteiger partial charge in [0.2, 0.25) is 0 Å². The number of methoxy groups -OCH3 is 1. The van der Waals surface area contributed by atoms with E-state index < -0.39 is 0 Å². The Morgan fingerprint density at radius 2 is 2.10 bits per heavy atom. The maximum Gasteiger partial charge on any atom is 0.305 e. The summed E-state index contributed by atoms with van der Waals surface area (Å²) in [5.41, 5.74) is 1.88. The first kappa shape index (κ1) is 15.2. The van der Waals surface area contributed by atoms with Gasteiger partial charge in [-0.2, -0.15) is 0 Å². The van der Waals surface area contributed by atoms with E-state index in [1.54, 1.807) is 0 Å². The van der Waals surface area contributed by atoms with Gasteiger partial charge in [0.1, 0.15) is 0 Å². The van der Waals surface area contributed by atoms with Gasteiger partial charge in [-0.15, -0.1) is 0 Å². The lowest BCUT2D eigenvalue weighted by molar-refractivity contribution is -0.140. The summed E-state index contributed by atoms with van der Waals surface area (Å²) in [4.78, 5) is 23.4. The molecule has 0 N–H and O–H groups in total. The van der Waals surface area contributed by atoms with Crippen molar-refractivity contribution in [1.82, 2.24) is 0 Å². The number of esters is 1. The molecule has 0 heterocycles. The van der Waals surface area contributed by atoms with E-state index in [0.29, 0.717) is 18.2 Å². The quantitative estimate of drug-likeness (QED) is 0.591. The van der Waals surface area contributed by atoms with Gasteiger partial charge in [0.15, 0.2) is 5.78 Å². The van der Waals surface area contributed by atoms with E-state index in [9.17, 15) is 9.59 Å². The van der Waals surface area contributed by atoms with Crippen LogP contribution in [0.1, 0.15) is 36.8 Å². The molecular formula is C16H19BrO3. The maximum absolute atomic E-state index is 12.2. The molecular weight excluding hydrogens is 320 g/mol. The fraction of sp³-hybridized carbons (Fsp3) is 0.500. The van der Waals surface area contributed by atoms with Crippen molar-refractivity contribution in [3.63, 3.8) is 0 Å². The third-order valence-corrected chi connectivity index (χ3v) is 4.70. The van der Waals surface area contributed by atoms with Gasteiger partial charge in [-0.3, -0.25) is 9.59 Å². The van der Waals surface area contributed by atoms with Crippen molar-refractivity contribution >= 4 is 27.7 Å². The van der Waals surface area contributed by atoms with E-state index in [-0.39, 0.29) is 17.2 Å². The molecule has 108 valence electrons. The summed E-state index contributed by atoms with van der Waals surface area (Å²) in [6, 6.07) is 8.07. The molecule has 0 aliphatic heterocycles. The van der Waals surface area contributed by atoms with Crippen LogP contribution in [-0.4, -0.2) is 24.2 Å². The van der Waals surface area contributed by atoms with Gasteiger partial charge >= 0.3 is 5.97 Å². The first-order chi connectivity index (χ1) is 9.62. The summed E-state index contributed by atoms with van der Waals surface area (Å²) in [7, 11) is 1.40. The molecule has 1 aliphatic carbocycles. The number of hydrogen-bond donors (Lipinski definition) is 0. The summed E-state index contributed by atoms with van der Waals surface area (Å²) in [6.07, 6.45) is 3.99. The Morgan fingerprint density at radius 1 is 1.35 bits per heavy atom. The van der Waals surface area contributed by atoms with Crippen molar-refractivity contribution < 1.29 is 14.3 Å². The number of rotatable bonds is 6. The predicted octanol–water partition coefficient (Wildman–Crippen LogP) is 3.18. The summed E-state index contributed by atoms with van der Waals surface area (Å²) in [6.45, 7) is 0. The SMILES string of the molecule is COC(=O)CCc1cccc(C2(C(=O)CBr)CCC2)c1. The molecule has 20 heavy (non-hydrogen) atoms. The molecule has 1 aromatic carbocycles. The first-order valence-electron chi connectivity index (χ1n) is 6.88. The van der Waals surface area contributed by atoms with Crippen molar-refractivity contribution in [2.75, 3.05) is 12.4 Å². The Kier molecular flexibility index (Phi) is 4.97.